The van der Waals surface area contributed by atoms with Crippen LogP contribution in [0.3, 0.4) is 0 Å². The molecule has 0 spiro atoms. The van der Waals surface area contributed by atoms with Gasteiger partial charge in [-0.1, -0.05) is 0 Å². The fourth-order valence-corrected chi connectivity index (χ4v) is 2.09. The second kappa shape index (κ2) is 4.49. The molecular weight excluding hydrogens is 226 g/mol. The Kier molecular flexibility index (Phi) is 3.78. The molecule has 0 atom stereocenters. The minimum absolute atomic E-state index is 0.225. The van der Waals surface area contributed by atoms with E-state index in [9.17, 15) is 13.2 Å². The van der Waals surface area contributed by atoms with Crippen LogP contribution in [0.2, 0.25) is 0 Å². The Morgan fingerprint density at radius 2 is 2.07 bits per heavy atom. The number of nitrogens with zero attached hydrogens (tertiary/aromatic N) is 1. The molecule has 1 aliphatic carbocycles. The first-order chi connectivity index (χ1) is 6.44. The van der Waals surface area contributed by atoms with Crippen molar-refractivity contribution in [3.8, 4) is 0 Å². The molecule has 0 saturated heterocycles. The predicted octanol–water partition coefficient (Wildman–Crippen LogP) is 0.261. The Bertz CT molecular complexity index is 311. The molecule has 0 aromatic rings. The zero-order valence-corrected chi connectivity index (χ0v) is 9.64. The van der Waals surface area contributed by atoms with E-state index in [0.29, 0.717) is 12.4 Å². The first-order valence-electron chi connectivity index (χ1n) is 4.47. The van der Waals surface area contributed by atoms with Crippen LogP contribution in [0.1, 0.15) is 12.8 Å². The molecule has 0 unspecified atom stereocenters. The Morgan fingerprint density at radius 3 is 2.43 bits per heavy atom. The second-order valence-electron chi connectivity index (χ2n) is 3.58. The van der Waals surface area contributed by atoms with Crippen molar-refractivity contribution in [1.82, 2.24) is 4.90 Å². The van der Waals surface area contributed by atoms with Crippen LogP contribution in [-0.4, -0.2) is 49.7 Å². The molecule has 1 amide bonds. The van der Waals surface area contributed by atoms with Crippen molar-refractivity contribution in [3.05, 3.63) is 0 Å². The van der Waals surface area contributed by atoms with Crippen molar-refractivity contribution in [2.24, 2.45) is 0 Å². The number of rotatable bonds is 5. The van der Waals surface area contributed by atoms with E-state index in [2.05, 4.69) is 0 Å². The number of hydrogen-bond donors (Lipinski definition) is 0. The Balaban J connectivity index is 2.55. The van der Waals surface area contributed by atoms with E-state index in [0.717, 1.165) is 19.1 Å². The van der Waals surface area contributed by atoms with E-state index in [1.54, 1.807) is 4.90 Å². The van der Waals surface area contributed by atoms with Gasteiger partial charge in [-0.25, -0.2) is 8.42 Å². The van der Waals surface area contributed by atoms with Gasteiger partial charge in [0.25, 0.3) is 0 Å². The lowest BCUT2D eigenvalue weighted by Gasteiger charge is -2.20. The summed E-state index contributed by atoms with van der Waals surface area (Å²) >= 11 is 5.54. The van der Waals surface area contributed by atoms with Gasteiger partial charge >= 0.3 is 0 Å². The highest BCUT2D eigenvalue weighted by atomic mass is 35.5. The van der Waals surface area contributed by atoms with E-state index < -0.39 is 15.6 Å². The van der Waals surface area contributed by atoms with Crippen molar-refractivity contribution < 1.29 is 13.2 Å². The molecule has 1 saturated carbocycles. The van der Waals surface area contributed by atoms with Gasteiger partial charge in [0.05, 0.1) is 0 Å². The van der Waals surface area contributed by atoms with Crippen molar-refractivity contribution in [1.29, 1.82) is 0 Å². The molecule has 6 heteroatoms. The summed E-state index contributed by atoms with van der Waals surface area (Å²) in [5.74, 6) is -0.373. The van der Waals surface area contributed by atoms with Gasteiger partial charge in [-0.15, -0.1) is 11.6 Å². The highest BCUT2D eigenvalue weighted by molar-refractivity contribution is 7.91. The number of sulfone groups is 1. The van der Waals surface area contributed by atoms with Crippen molar-refractivity contribution in [3.63, 3.8) is 0 Å². The van der Waals surface area contributed by atoms with Crippen LogP contribution in [0.15, 0.2) is 0 Å². The van der Waals surface area contributed by atoms with Gasteiger partial charge in [-0.3, -0.25) is 4.79 Å². The Morgan fingerprint density at radius 1 is 1.50 bits per heavy atom. The number of alkyl halides is 1. The molecule has 1 rings (SSSR count). The van der Waals surface area contributed by atoms with Gasteiger partial charge in [0.15, 0.2) is 9.84 Å². The maximum atomic E-state index is 11.5. The van der Waals surface area contributed by atoms with Crippen LogP contribution in [-0.2, 0) is 14.6 Å². The van der Waals surface area contributed by atoms with Crippen LogP contribution in [0.5, 0.6) is 0 Å². The average molecular weight is 240 g/mol. The minimum atomic E-state index is -3.23. The maximum Gasteiger partial charge on any atom is 0.238 e. The van der Waals surface area contributed by atoms with Crippen molar-refractivity contribution >= 4 is 27.3 Å². The number of carbonyl (C=O) groups is 1. The third kappa shape index (κ3) is 3.84. The Hall–Kier alpha value is -0.290. The van der Waals surface area contributed by atoms with E-state index in [1.165, 1.54) is 0 Å². The molecule has 0 heterocycles. The normalized spacial score (nSPS) is 16.7. The third-order valence-corrected chi connectivity index (χ3v) is 2.96. The van der Waals surface area contributed by atoms with Crippen LogP contribution >= 0.6 is 11.6 Å². The Labute approximate surface area is 89.1 Å². The van der Waals surface area contributed by atoms with Gasteiger partial charge in [0.1, 0.15) is 5.75 Å². The largest absolute Gasteiger partial charge is 0.338 e. The minimum Gasteiger partial charge on any atom is -0.338 e. The predicted molar refractivity (Wildman–Crippen MR) is 55.2 cm³/mol. The summed E-state index contributed by atoms with van der Waals surface area (Å²) in [7, 11) is -3.23. The summed E-state index contributed by atoms with van der Waals surface area (Å²) < 4.78 is 21.8. The lowest BCUT2D eigenvalue weighted by Crippen LogP contribution is -2.38. The average Bonchev–Trinajstić information content (AvgIpc) is 2.78. The molecule has 1 fully saturated rings. The van der Waals surface area contributed by atoms with Crippen LogP contribution in [0.4, 0.5) is 0 Å². The van der Waals surface area contributed by atoms with Gasteiger partial charge < -0.3 is 4.90 Å². The summed E-state index contributed by atoms with van der Waals surface area (Å²) in [6.45, 7) is 0.445. The number of halogens is 1. The van der Waals surface area contributed by atoms with E-state index in [-0.39, 0.29) is 11.9 Å². The molecular formula is C8H14ClNO3S. The first-order valence-corrected chi connectivity index (χ1v) is 7.06. The second-order valence-corrected chi connectivity index (χ2v) is 6.10. The van der Waals surface area contributed by atoms with E-state index in [4.69, 9.17) is 11.6 Å². The molecule has 0 N–H and O–H groups in total. The van der Waals surface area contributed by atoms with Gasteiger partial charge in [-0.05, 0) is 12.8 Å². The smallest absolute Gasteiger partial charge is 0.238 e. The maximum absolute atomic E-state index is 11.5. The summed E-state index contributed by atoms with van der Waals surface area (Å²) in [6, 6.07) is 0.225. The van der Waals surface area contributed by atoms with Crippen LogP contribution in [0, 0.1) is 0 Å². The van der Waals surface area contributed by atoms with Crippen LogP contribution in [0.25, 0.3) is 0 Å². The molecule has 0 radical (unpaired) electrons. The third-order valence-electron chi connectivity index (χ3n) is 2.02. The molecule has 0 bridgehead atoms. The highest BCUT2D eigenvalue weighted by Crippen LogP contribution is 2.26. The lowest BCUT2D eigenvalue weighted by molar-refractivity contribution is -0.128. The fraction of sp³-hybridized carbons (Fsp3) is 0.875. The SMILES string of the molecule is CS(=O)(=O)CC(=O)N(CCCl)C1CC1. The molecule has 0 aliphatic heterocycles. The van der Waals surface area contributed by atoms with Crippen molar-refractivity contribution in [2.45, 2.75) is 18.9 Å². The quantitative estimate of drug-likeness (QED) is 0.647. The van der Waals surface area contributed by atoms with Gasteiger partial charge in [0.2, 0.25) is 5.91 Å². The summed E-state index contributed by atoms with van der Waals surface area (Å²) in [5.41, 5.74) is 0. The van der Waals surface area contributed by atoms with Gasteiger partial charge in [-0.2, -0.15) is 0 Å². The highest BCUT2D eigenvalue weighted by Gasteiger charge is 2.32. The van der Waals surface area contributed by atoms with Gasteiger partial charge in [0, 0.05) is 24.7 Å². The first kappa shape index (κ1) is 11.8. The lowest BCUT2D eigenvalue weighted by atomic mass is 10.4. The molecule has 1 aliphatic rings. The zero-order chi connectivity index (χ0) is 10.8. The zero-order valence-electron chi connectivity index (χ0n) is 8.07. The summed E-state index contributed by atoms with van der Waals surface area (Å²) in [6.07, 6.45) is 3.00. The number of hydrogen-bond acceptors (Lipinski definition) is 3. The molecule has 0 aromatic carbocycles. The molecule has 0 aromatic heterocycles. The standard InChI is InChI=1S/C8H14ClNO3S/c1-14(12,13)6-8(11)10(5-4-9)7-2-3-7/h7H,2-6H2,1H3. The van der Waals surface area contributed by atoms with E-state index in [1.807, 2.05) is 0 Å². The number of carbonyl (C=O) groups excluding carboxylic acids is 1. The fourth-order valence-electron chi connectivity index (χ4n) is 1.30. The topological polar surface area (TPSA) is 54.5 Å². The molecule has 4 nitrogen and oxygen atoms in total. The monoisotopic (exact) mass is 239 g/mol. The summed E-state index contributed by atoms with van der Waals surface area (Å²) in [4.78, 5) is 13.1. The summed E-state index contributed by atoms with van der Waals surface area (Å²) in [5, 5.41) is 0. The van der Waals surface area contributed by atoms with Crippen LogP contribution < -0.4 is 0 Å². The molecule has 14 heavy (non-hydrogen) atoms. The number of amides is 1. The van der Waals surface area contributed by atoms with E-state index >= 15 is 0 Å². The molecule has 82 valence electrons. The van der Waals surface area contributed by atoms with Crippen molar-refractivity contribution in [2.75, 3.05) is 24.4 Å².